The van der Waals surface area contributed by atoms with Crippen LogP contribution in [0, 0.1) is 0 Å². The molecule has 0 aliphatic carbocycles. The highest BCUT2D eigenvalue weighted by Gasteiger charge is 2.38. The second kappa shape index (κ2) is 7.20. The third kappa shape index (κ3) is 4.00. The quantitative estimate of drug-likeness (QED) is 0.731. The summed E-state index contributed by atoms with van der Waals surface area (Å²) in [6.45, 7) is 1.63. The summed E-state index contributed by atoms with van der Waals surface area (Å²) in [5, 5.41) is 3.32. The molecule has 4 heteroatoms. The Morgan fingerprint density at radius 2 is 2.25 bits per heavy atom. The van der Waals surface area contributed by atoms with Gasteiger partial charge in [-0.15, -0.1) is 0 Å². The summed E-state index contributed by atoms with van der Waals surface area (Å²) in [7, 11) is 1.56. The normalized spacial score (nSPS) is 26.1. The Balaban J connectivity index is 2.57. The molecule has 3 N–H and O–H groups in total. The van der Waals surface area contributed by atoms with Crippen molar-refractivity contribution in [1.82, 2.24) is 5.32 Å². The van der Waals surface area contributed by atoms with Crippen LogP contribution < -0.4 is 11.1 Å². The zero-order chi connectivity index (χ0) is 11.9. The van der Waals surface area contributed by atoms with Gasteiger partial charge in [-0.3, -0.25) is 0 Å². The summed E-state index contributed by atoms with van der Waals surface area (Å²) < 4.78 is 19.8. The van der Waals surface area contributed by atoms with Gasteiger partial charge in [0.25, 0.3) is 0 Å². The second-order valence-corrected chi connectivity index (χ2v) is 4.72. The van der Waals surface area contributed by atoms with Gasteiger partial charge in [0.15, 0.2) is 0 Å². The van der Waals surface area contributed by atoms with Gasteiger partial charge in [0, 0.05) is 13.2 Å². The van der Waals surface area contributed by atoms with E-state index in [0.717, 1.165) is 32.2 Å². The van der Waals surface area contributed by atoms with E-state index in [-0.39, 0.29) is 12.6 Å². The van der Waals surface area contributed by atoms with Gasteiger partial charge in [0.2, 0.25) is 0 Å². The van der Waals surface area contributed by atoms with Crippen LogP contribution in [0.25, 0.3) is 0 Å². The molecule has 3 nitrogen and oxygen atoms in total. The van der Waals surface area contributed by atoms with Gasteiger partial charge in [-0.25, -0.2) is 4.39 Å². The molecular formula is C12H25FN2O. The Morgan fingerprint density at radius 1 is 1.44 bits per heavy atom. The third-order valence-electron chi connectivity index (χ3n) is 3.37. The molecule has 1 fully saturated rings. The maximum Gasteiger partial charge on any atom is 0.149 e. The van der Waals surface area contributed by atoms with Crippen molar-refractivity contribution in [3.63, 3.8) is 0 Å². The minimum Gasteiger partial charge on any atom is -0.381 e. The lowest BCUT2D eigenvalue weighted by Crippen LogP contribution is -2.50. The fourth-order valence-corrected chi connectivity index (χ4v) is 2.45. The lowest BCUT2D eigenvalue weighted by atomic mass is 9.89. The molecule has 0 amide bonds. The zero-order valence-corrected chi connectivity index (χ0v) is 10.3. The summed E-state index contributed by atoms with van der Waals surface area (Å²) in [5.74, 6) is 0. The standard InChI is InChI=1S/C12H25FN2O/c1-16-10-12(13,7-5-8-14)11-6-3-2-4-9-15-11/h11,15H,2-10,14H2,1H3. The number of ether oxygens (including phenoxy) is 1. The van der Waals surface area contributed by atoms with Gasteiger partial charge >= 0.3 is 0 Å². The lowest BCUT2D eigenvalue weighted by Gasteiger charge is -2.33. The minimum atomic E-state index is -1.25. The number of rotatable bonds is 6. The summed E-state index contributed by atoms with van der Waals surface area (Å²) in [6, 6.07) is -0.0681. The predicted octanol–water partition coefficient (Wildman–Crippen LogP) is 1.61. The van der Waals surface area contributed by atoms with Crippen LogP contribution in [0.15, 0.2) is 0 Å². The number of nitrogens with two attached hydrogens (primary N) is 1. The third-order valence-corrected chi connectivity index (χ3v) is 3.37. The van der Waals surface area contributed by atoms with Crippen molar-refractivity contribution in [2.75, 3.05) is 26.8 Å². The molecule has 0 bridgehead atoms. The molecule has 0 aromatic heterocycles. The lowest BCUT2D eigenvalue weighted by molar-refractivity contribution is 0.00246. The van der Waals surface area contributed by atoms with Crippen molar-refractivity contribution < 1.29 is 9.13 Å². The molecule has 1 rings (SSSR count). The van der Waals surface area contributed by atoms with Crippen LogP contribution in [-0.4, -0.2) is 38.5 Å². The van der Waals surface area contributed by atoms with E-state index in [1.165, 1.54) is 6.42 Å². The van der Waals surface area contributed by atoms with Crippen molar-refractivity contribution in [3.8, 4) is 0 Å². The zero-order valence-electron chi connectivity index (χ0n) is 10.3. The first-order valence-corrected chi connectivity index (χ1v) is 6.34. The van der Waals surface area contributed by atoms with Crippen molar-refractivity contribution in [2.45, 2.75) is 50.2 Å². The van der Waals surface area contributed by atoms with Gasteiger partial charge in [-0.1, -0.05) is 12.8 Å². The first kappa shape index (κ1) is 13.9. The summed E-state index contributed by atoms with van der Waals surface area (Å²) in [6.07, 6.45) is 5.58. The Morgan fingerprint density at radius 3 is 2.94 bits per heavy atom. The molecule has 2 atom stereocenters. The van der Waals surface area contributed by atoms with Crippen LogP contribution in [0.5, 0.6) is 0 Å². The van der Waals surface area contributed by atoms with Crippen molar-refractivity contribution in [2.24, 2.45) is 5.73 Å². The van der Waals surface area contributed by atoms with Crippen molar-refractivity contribution in [3.05, 3.63) is 0 Å². The highest BCUT2D eigenvalue weighted by atomic mass is 19.1. The molecule has 1 aliphatic rings. The number of hydrogen-bond donors (Lipinski definition) is 2. The molecule has 1 heterocycles. The van der Waals surface area contributed by atoms with Crippen LogP contribution in [0.1, 0.15) is 38.5 Å². The molecule has 0 aromatic rings. The minimum absolute atomic E-state index is 0.0681. The molecule has 96 valence electrons. The molecule has 0 spiro atoms. The van der Waals surface area contributed by atoms with E-state index < -0.39 is 5.67 Å². The van der Waals surface area contributed by atoms with E-state index in [0.29, 0.717) is 13.0 Å². The molecule has 16 heavy (non-hydrogen) atoms. The number of methoxy groups -OCH3 is 1. The van der Waals surface area contributed by atoms with Gasteiger partial charge in [0.1, 0.15) is 5.67 Å². The maximum absolute atomic E-state index is 14.8. The molecule has 0 radical (unpaired) electrons. The number of halogens is 1. The fourth-order valence-electron chi connectivity index (χ4n) is 2.45. The highest BCUT2D eigenvalue weighted by molar-refractivity contribution is 4.93. The number of nitrogens with one attached hydrogen (secondary N) is 1. The van der Waals surface area contributed by atoms with Crippen LogP contribution >= 0.6 is 0 Å². The van der Waals surface area contributed by atoms with E-state index >= 15 is 0 Å². The molecule has 1 aliphatic heterocycles. The average Bonchev–Trinajstić information content (AvgIpc) is 2.55. The first-order valence-electron chi connectivity index (χ1n) is 6.34. The Kier molecular flexibility index (Phi) is 6.24. The van der Waals surface area contributed by atoms with Crippen LogP contribution in [0.4, 0.5) is 4.39 Å². The SMILES string of the molecule is COCC(F)(CCCN)C1CCCCCN1. The largest absolute Gasteiger partial charge is 0.381 e. The summed E-state index contributed by atoms with van der Waals surface area (Å²) in [4.78, 5) is 0. The van der Waals surface area contributed by atoms with Crippen molar-refractivity contribution in [1.29, 1.82) is 0 Å². The second-order valence-electron chi connectivity index (χ2n) is 4.72. The molecular weight excluding hydrogens is 207 g/mol. The van der Waals surface area contributed by atoms with Gasteiger partial charge in [-0.2, -0.15) is 0 Å². The predicted molar refractivity (Wildman–Crippen MR) is 64.3 cm³/mol. The van der Waals surface area contributed by atoms with Crippen LogP contribution in [0.2, 0.25) is 0 Å². The topological polar surface area (TPSA) is 47.3 Å². The van der Waals surface area contributed by atoms with E-state index in [4.69, 9.17) is 10.5 Å². The number of alkyl halides is 1. The highest BCUT2D eigenvalue weighted by Crippen LogP contribution is 2.28. The van der Waals surface area contributed by atoms with E-state index in [9.17, 15) is 4.39 Å². The molecule has 1 saturated heterocycles. The number of hydrogen-bond acceptors (Lipinski definition) is 3. The van der Waals surface area contributed by atoms with E-state index in [1.807, 2.05) is 0 Å². The fraction of sp³-hybridized carbons (Fsp3) is 1.00. The van der Waals surface area contributed by atoms with E-state index in [2.05, 4.69) is 5.32 Å². The van der Waals surface area contributed by atoms with Crippen LogP contribution in [0.3, 0.4) is 0 Å². The molecule has 0 saturated carbocycles. The Hall–Kier alpha value is -0.190. The van der Waals surface area contributed by atoms with Crippen molar-refractivity contribution >= 4 is 0 Å². The summed E-state index contributed by atoms with van der Waals surface area (Å²) in [5.41, 5.74) is 4.21. The summed E-state index contributed by atoms with van der Waals surface area (Å²) >= 11 is 0. The first-order chi connectivity index (χ1) is 7.73. The maximum atomic E-state index is 14.8. The Labute approximate surface area is 97.9 Å². The van der Waals surface area contributed by atoms with Gasteiger partial charge in [0.05, 0.1) is 6.61 Å². The van der Waals surface area contributed by atoms with Gasteiger partial charge < -0.3 is 15.8 Å². The molecule has 2 unspecified atom stereocenters. The average molecular weight is 232 g/mol. The van der Waals surface area contributed by atoms with Crippen LogP contribution in [-0.2, 0) is 4.74 Å². The molecule has 0 aromatic carbocycles. The monoisotopic (exact) mass is 232 g/mol. The smallest absolute Gasteiger partial charge is 0.149 e. The van der Waals surface area contributed by atoms with Gasteiger partial charge in [-0.05, 0) is 38.8 Å². The Bertz CT molecular complexity index is 184. The van der Waals surface area contributed by atoms with E-state index in [1.54, 1.807) is 7.11 Å².